The van der Waals surface area contributed by atoms with Crippen molar-refractivity contribution in [1.82, 2.24) is 24.7 Å². The van der Waals surface area contributed by atoms with Crippen LogP contribution in [0, 0.1) is 5.41 Å². The average molecular weight is 610 g/mol. The van der Waals surface area contributed by atoms with Crippen molar-refractivity contribution in [3.8, 4) is 0 Å². The highest BCUT2D eigenvalue weighted by molar-refractivity contribution is 6.11. The second-order valence-corrected chi connectivity index (χ2v) is 11.4. The lowest BCUT2D eigenvalue weighted by molar-refractivity contribution is -0.141. The van der Waals surface area contributed by atoms with Gasteiger partial charge < -0.3 is 25.3 Å². The molecule has 0 radical (unpaired) electrons. The molecule has 3 aromatic carbocycles. The highest BCUT2D eigenvalue weighted by Crippen LogP contribution is 2.34. The van der Waals surface area contributed by atoms with Crippen molar-refractivity contribution in [3.63, 3.8) is 0 Å². The van der Waals surface area contributed by atoms with Crippen LogP contribution in [0.15, 0.2) is 72.8 Å². The number of likely N-dealkylation sites (N-methyl/N-ethyl adjacent to an activating group) is 1. The van der Waals surface area contributed by atoms with Crippen molar-refractivity contribution in [2.45, 2.75) is 38.3 Å². The van der Waals surface area contributed by atoms with Crippen LogP contribution < -0.4 is 11.1 Å². The van der Waals surface area contributed by atoms with Crippen molar-refractivity contribution >= 4 is 34.8 Å². The molecule has 2 atom stereocenters. The van der Waals surface area contributed by atoms with Crippen LogP contribution in [-0.4, -0.2) is 69.8 Å². The molecule has 0 aliphatic carbocycles. The van der Waals surface area contributed by atoms with E-state index in [0.717, 1.165) is 23.9 Å². The van der Waals surface area contributed by atoms with Gasteiger partial charge >= 0.3 is 6.09 Å². The SMILES string of the molecule is CCOC(=O)N(C)C(C)(C(=O)N1CCCC1)c1ccc2c(c1)nc(C(N)c1ccc(C(=N)NC(=O)c3ccccc3)cc1)n2C. The van der Waals surface area contributed by atoms with E-state index in [2.05, 4.69) is 5.32 Å². The number of aryl methyl sites for hydroxylation is 1. The van der Waals surface area contributed by atoms with E-state index in [1.807, 2.05) is 48.0 Å². The molecule has 45 heavy (non-hydrogen) atoms. The first-order valence-electron chi connectivity index (χ1n) is 15.0. The summed E-state index contributed by atoms with van der Waals surface area (Å²) in [6.45, 7) is 4.98. The molecule has 4 aromatic rings. The van der Waals surface area contributed by atoms with Crippen molar-refractivity contribution in [1.29, 1.82) is 5.41 Å². The standard InChI is InChI=1S/C34H39N7O4/c1-5-45-33(44)40(4)34(2,32(43)41-19-9-10-20-41)25-17-18-27-26(21-25)37-30(39(27)3)28(35)22-13-15-23(16-14-22)29(36)38-31(42)24-11-7-6-8-12-24/h6-8,11-18,21,28H,5,9-10,19-20,35H2,1-4H3,(H2,36,38,42). The van der Waals surface area contributed by atoms with E-state index < -0.39 is 17.7 Å². The van der Waals surface area contributed by atoms with Crippen molar-refractivity contribution < 1.29 is 19.1 Å². The first-order chi connectivity index (χ1) is 21.6. The molecule has 1 aromatic heterocycles. The molecule has 11 heteroatoms. The number of nitrogens with two attached hydrogens (primary N) is 1. The molecule has 0 bridgehead atoms. The molecule has 234 valence electrons. The minimum absolute atomic E-state index is 0.0152. The normalized spacial score (nSPS) is 14.9. The summed E-state index contributed by atoms with van der Waals surface area (Å²) in [7, 11) is 3.47. The minimum atomic E-state index is -1.30. The molecule has 5 rings (SSSR count). The summed E-state index contributed by atoms with van der Waals surface area (Å²) in [5.74, 6) is 0.0766. The first kappa shape index (κ1) is 31.4. The summed E-state index contributed by atoms with van der Waals surface area (Å²) in [4.78, 5) is 47.3. The number of fused-ring (bicyclic) bond motifs is 1. The number of carbonyl (C=O) groups is 3. The number of nitrogens with zero attached hydrogens (tertiary/aromatic N) is 4. The molecule has 1 fully saturated rings. The third-order valence-electron chi connectivity index (χ3n) is 8.61. The van der Waals surface area contributed by atoms with E-state index in [4.69, 9.17) is 20.9 Å². The Kier molecular flexibility index (Phi) is 9.01. The van der Waals surface area contributed by atoms with Crippen LogP contribution in [0.1, 0.15) is 65.6 Å². The number of benzene rings is 3. The zero-order chi connectivity index (χ0) is 32.3. The fourth-order valence-electron chi connectivity index (χ4n) is 5.74. The maximum Gasteiger partial charge on any atom is 0.410 e. The van der Waals surface area contributed by atoms with Crippen molar-refractivity contribution in [2.24, 2.45) is 12.8 Å². The number of carbonyl (C=O) groups excluding carboxylic acids is 3. The van der Waals surface area contributed by atoms with Gasteiger partial charge in [-0.25, -0.2) is 9.78 Å². The first-order valence-corrected chi connectivity index (χ1v) is 15.0. The maximum absolute atomic E-state index is 13.9. The maximum atomic E-state index is 13.9. The molecule has 0 saturated carbocycles. The summed E-state index contributed by atoms with van der Waals surface area (Å²) in [5.41, 5.74) is 9.27. The van der Waals surface area contributed by atoms with Crippen LogP contribution in [0.4, 0.5) is 4.79 Å². The Labute approximate surface area is 262 Å². The molecule has 3 amide bonds. The smallest absolute Gasteiger partial charge is 0.410 e. The Hall–Kier alpha value is -5.03. The van der Waals surface area contributed by atoms with Gasteiger partial charge in [-0.15, -0.1) is 0 Å². The number of amidine groups is 1. The van der Waals surface area contributed by atoms with Gasteiger partial charge in [-0.1, -0.05) is 48.5 Å². The molecule has 2 unspecified atom stereocenters. The molecule has 11 nitrogen and oxygen atoms in total. The predicted molar refractivity (Wildman–Crippen MR) is 172 cm³/mol. The summed E-state index contributed by atoms with van der Waals surface area (Å²) in [5, 5.41) is 11.0. The number of hydrogen-bond donors (Lipinski definition) is 3. The van der Waals surface area contributed by atoms with Gasteiger partial charge in [0.15, 0.2) is 0 Å². The molecular formula is C34H39N7O4. The number of likely N-dealkylation sites (tertiary alicyclic amines) is 1. The third kappa shape index (κ3) is 6.03. The largest absolute Gasteiger partial charge is 0.450 e. The van der Waals surface area contributed by atoms with E-state index in [1.165, 1.54) is 4.90 Å². The Bertz CT molecular complexity index is 1730. The fourth-order valence-corrected chi connectivity index (χ4v) is 5.74. The fraction of sp³-hybridized carbons (Fsp3) is 0.324. The van der Waals surface area contributed by atoms with Gasteiger partial charge in [-0.05, 0) is 62.1 Å². The molecule has 1 aliphatic heterocycles. The topological polar surface area (TPSA) is 147 Å². The number of ether oxygens (including phenoxy) is 1. The van der Waals surface area contributed by atoms with Gasteiger partial charge in [-0.2, -0.15) is 0 Å². The van der Waals surface area contributed by atoms with Crippen LogP contribution in [0.25, 0.3) is 11.0 Å². The number of rotatable bonds is 8. The second kappa shape index (κ2) is 12.9. The lowest BCUT2D eigenvalue weighted by atomic mass is 9.88. The van der Waals surface area contributed by atoms with E-state index >= 15 is 0 Å². The minimum Gasteiger partial charge on any atom is -0.450 e. The van der Waals surface area contributed by atoms with Gasteiger partial charge in [0, 0.05) is 38.3 Å². The van der Waals surface area contributed by atoms with Gasteiger partial charge in [-0.3, -0.25) is 19.9 Å². The zero-order valence-electron chi connectivity index (χ0n) is 26.0. The molecule has 1 saturated heterocycles. The van der Waals surface area contributed by atoms with E-state index in [0.29, 0.717) is 41.1 Å². The van der Waals surface area contributed by atoms with Crippen LogP contribution in [-0.2, 0) is 22.1 Å². The lowest BCUT2D eigenvalue weighted by Gasteiger charge is -2.39. The number of aromatic nitrogens is 2. The van der Waals surface area contributed by atoms with Gasteiger partial charge in [0.25, 0.3) is 11.8 Å². The Morgan fingerprint density at radius 1 is 1.04 bits per heavy atom. The van der Waals surface area contributed by atoms with Gasteiger partial charge in [0.1, 0.15) is 17.2 Å². The monoisotopic (exact) mass is 609 g/mol. The molecule has 4 N–H and O–H groups in total. The van der Waals surface area contributed by atoms with E-state index in [9.17, 15) is 14.4 Å². The average Bonchev–Trinajstić information content (AvgIpc) is 3.72. The molecule has 1 aliphatic rings. The second-order valence-electron chi connectivity index (χ2n) is 11.4. The number of amides is 3. The van der Waals surface area contributed by atoms with Crippen LogP contribution >= 0.6 is 0 Å². The Balaban J connectivity index is 1.41. The predicted octanol–water partition coefficient (Wildman–Crippen LogP) is 4.30. The van der Waals surface area contributed by atoms with Crippen LogP contribution in [0.3, 0.4) is 0 Å². The molecule has 0 spiro atoms. The summed E-state index contributed by atoms with van der Waals surface area (Å²) in [6, 6.07) is 20.8. The van der Waals surface area contributed by atoms with E-state index in [-0.39, 0.29) is 24.3 Å². The zero-order valence-corrected chi connectivity index (χ0v) is 26.0. The van der Waals surface area contributed by atoms with E-state index in [1.54, 1.807) is 62.2 Å². The quantitative estimate of drug-likeness (QED) is 0.201. The summed E-state index contributed by atoms with van der Waals surface area (Å²) >= 11 is 0. The Morgan fingerprint density at radius 2 is 1.71 bits per heavy atom. The van der Waals surface area contributed by atoms with Crippen LogP contribution in [0.5, 0.6) is 0 Å². The summed E-state index contributed by atoms with van der Waals surface area (Å²) in [6.07, 6.45) is 1.28. The number of nitrogens with one attached hydrogen (secondary N) is 2. The number of hydrogen-bond acceptors (Lipinski definition) is 7. The third-order valence-corrected chi connectivity index (χ3v) is 8.61. The van der Waals surface area contributed by atoms with Gasteiger partial charge in [0.05, 0.1) is 23.7 Å². The van der Waals surface area contributed by atoms with Crippen molar-refractivity contribution in [2.75, 3.05) is 26.7 Å². The van der Waals surface area contributed by atoms with Crippen molar-refractivity contribution in [3.05, 3.63) is 101 Å². The molecule has 2 heterocycles. The lowest BCUT2D eigenvalue weighted by Crippen LogP contribution is -2.55. The Morgan fingerprint density at radius 3 is 2.36 bits per heavy atom. The van der Waals surface area contributed by atoms with Crippen LogP contribution in [0.2, 0.25) is 0 Å². The number of imidazole rings is 1. The highest BCUT2D eigenvalue weighted by atomic mass is 16.6. The highest BCUT2D eigenvalue weighted by Gasteiger charge is 2.45. The summed E-state index contributed by atoms with van der Waals surface area (Å²) < 4.78 is 7.19. The van der Waals surface area contributed by atoms with Gasteiger partial charge in [0.2, 0.25) is 0 Å². The molecular weight excluding hydrogens is 570 g/mol.